The highest BCUT2D eigenvalue weighted by molar-refractivity contribution is 5.92. The molecule has 1 aromatic carbocycles. The van der Waals surface area contributed by atoms with Crippen LogP contribution in [0, 0.1) is 6.92 Å². The van der Waals surface area contributed by atoms with Crippen LogP contribution in [0.2, 0.25) is 0 Å². The van der Waals surface area contributed by atoms with Crippen molar-refractivity contribution in [3.8, 4) is 0 Å². The second-order valence-electron chi connectivity index (χ2n) is 6.31. The molecule has 0 aliphatic heterocycles. The molecule has 3 rings (SSSR count). The van der Waals surface area contributed by atoms with Crippen molar-refractivity contribution in [3.05, 3.63) is 65.1 Å². The number of aryl methyl sites for hydroxylation is 1. The van der Waals surface area contributed by atoms with E-state index in [1.54, 1.807) is 13.0 Å². The Hall–Kier alpha value is -3.00. The third-order valence-corrected chi connectivity index (χ3v) is 3.86. The van der Waals surface area contributed by atoms with E-state index in [1.807, 2.05) is 32.2 Å². The van der Waals surface area contributed by atoms with Crippen LogP contribution in [0.1, 0.15) is 46.4 Å². The molecule has 136 valence electrons. The lowest BCUT2D eigenvalue weighted by atomic mass is 10.2. The van der Waals surface area contributed by atoms with Gasteiger partial charge in [-0.15, -0.1) is 0 Å². The second kappa shape index (κ2) is 7.92. The molecule has 0 bridgehead atoms. The number of hydrogen-bond donors (Lipinski definition) is 2. The van der Waals surface area contributed by atoms with Gasteiger partial charge in [0.2, 0.25) is 0 Å². The zero-order valence-electron chi connectivity index (χ0n) is 15.1. The minimum Gasteiger partial charge on any atom is -0.359 e. The Morgan fingerprint density at radius 2 is 2.08 bits per heavy atom. The Balaban J connectivity index is 1.55. The average molecular weight is 354 g/mol. The summed E-state index contributed by atoms with van der Waals surface area (Å²) >= 11 is 0. The predicted octanol–water partition coefficient (Wildman–Crippen LogP) is 2.22. The number of carbonyl (C=O) groups excluding carboxylic acids is 1. The van der Waals surface area contributed by atoms with Gasteiger partial charge in [0.1, 0.15) is 5.82 Å². The van der Waals surface area contributed by atoms with Crippen LogP contribution in [0.4, 0.5) is 0 Å². The van der Waals surface area contributed by atoms with Gasteiger partial charge in [-0.25, -0.2) is 4.98 Å². The van der Waals surface area contributed by atoms with Crippen LogP contribution >= 0.6 is 0 Å². The average Bonchev–Trinajstić information content (AvgIpc) is 3.25. The Kier molecular flexibility index (Phi) is 5.43. The van der Waals surface area contributed by atoms with Crippen molar-refractivity contribution in [2.24, 2.45) is 0 Å². The molecule has 0 radical (unpaired) electrons. The maximum absolute atomic E-state index is 12.3. The molecule has 0 unspecified atom stereocenters. The first-order chi connectivity index (χ1) is 12.5. The number of rotatable bonds is 7. The van der Waals surface area contributed by atoms with Crippen LogP contribution in [0.25, 0.3) is 0 Å². The van der Waals surface area contributed by atoms with Gasteiger partial charge in [-0.05, 0) is 26.5 Å². The minimum atomic E-state index is -0.326. The lowest BCUT2D eigenvalue weighted by Gasteiger charge is -2.14. The minimum absolute atomic E-state index is 0.243. The van der Waals surface area contributed by atoms with E-state index in [2.05, 4.69) is 42.7 Å². The highest BCUT2D eigenvalue weighted by Crippen LogP contribution is 2.12. The number of nitrogens with one attached hydrogen (secondary N) is 2. The number of hydrogen-bond acceptors (Lipinski definition) is 6. The molecule has 1 amide bonds. The number of benzene rings is 1. The van der Waals surface area contributed by atoms with Crippen molar-refractivity contribution in [1.29, 1.82) is 0 Å². The Labute approximate surface area is 151 Å². The first-order valence-corrected chi connectivity index (χ1v) is 8.39. The van der Waals surface area contributed by atoms with Crippen LogP contribution in [0.5, 0.6) is 0 Å². The number of amides is 1. The topological polar surface area (TPSA) is 99.9 Å². The van der Waals surface area contributed by atoms with E-state index in [-0.39, 0.29) is 17.6 Å². The standard InChI is InChI=1S/C18H22N6O2/c1-12(17-20-13(2)21-22-17)19-18(25)16-9-15(26-23-16)11-24(3)10-14-7-5-4-6-8-14/h4-9,12H,10-11H2,1-3H3,(H,19,25)(H,20,21,22)/t12-/m1/s1. The molecule has 0 saturated carbocycles. The highest BCUT2D eigenvalue weighted by Gasteiger charge is 2.18. The van der Waals surface area contributed by atoms with Gasteiger partial charge < -0.3 is 9.84 Å². The third kappa shape index (κ3) is 4.54. The molecule has 0 aliphatic rings. The summed E-state index contributed by atoms with van der Waals surface area (Å²) in [5.74, 6) is 1.55. The third-order valence-electron chi connectivity index (χ3n) is 3.86. The summed E-state index contributed by atoms with van der Waals surface area (Å²) < 4.78 is 5.30. The Morgan fingerprint density at radius 1 is 1.31 bits per heavy atom. The quantitative estimate of drug-likeness (QED) is 0.675. The van der Waals surface area contributed by atoms with Crippen LogP contribution in [-0.2, 0) is 13.1 Å². The summed E-state index contributed by atoms with van der Waals surface area (Å²) in [6.07, 6.45) is 0. The fourth-order valence-electron chi connectivity index (χ4n) is 2.60. The molecule has 2 aromatic heterocycles. The largest absolute Gasteiger partial charge is 0.359 e. The fourth-order valence-corrected chi connectivity index (χ4v) is 2.60. The summed E-state index contributed by atoms with van der Waals surface area (Å²) in [5.41, 5.74) is 1.45. The van der Waals surface area contributed by atoms with E-state index >= 15 is 0 Å². The monoisotopic (exact) mass is 354 g/mol. The first kappa shape index (κ1) is 17.8. The highest BCUT2D eigenvalue weighted by atomic mass is 16.5. The summed E-state index contributed by atoms with van der Waals surface area (Å²) in [6.45, 7) is 4.96. The van der Waals surface area contributed by atoms with Crippen LogP contribution in [-0.4, -0.2) is 38.2 Å². The van der Waals surface area contributed by atoms with Crippen molar-refractivity contribution in [1.82, 2.24) is 30.6 Å². The lowest BCUT2D eigenvalue weighted by Crippen LogP contribution is -2.27. The maximum atomic E-state index is 12.3. The summed E-state index contributed by atoms with van der Waals surface area (Å²) in [6, 6.07) is 11.5. The molecule has 3 aromatic rings. The molecule has 0 spiro atoms. The van der Waals surface area contributed by atoms with Crippen molar-refractivity contribution in [3.63, 3.8) is 0 Å². The van der Waals surface area contributed by atoms with E-state index in [0.29, 0.717) is 24.0 Å². The molecule has 8 heteroatoms. The van der Waals surface area contributed by atoms with Gasteiger partial charge in [0.05, 0.1) is 12.6 Å². The Morgan fingerprint density at radius 3 is 2.77 bits per heavy atom. The van der Waals surface area contributed by atoms with Gasteiger partial charge in [-0.1, -0.05) is 35.5 Å². The predicted molar refractivity (Wildman–Crippen MR) is 95.1 cm³/mol. The Bertz CT molecular complexity index is 857. The first-order valence-electron chi connectivity index (χ1n) is 8.39. The molecule has 8 nitrogen and oxygen atoms in total. The SMILES string of the molecule is Cc1nc([C@@H](C)NC(=O)c2cc(CN(C)Cc3ccccc3)on2)n[nH]1. The fraction of sp³-hybridized carbons (Fsp3) is 0.333. The molecule has 0 aliphatic carbocycles. The molecular formula is C18H22N6O2. The lowest BCUT2D eigenvalue weighted by molar-refractivity contribution is 0.0929. The number of aromatic nitrogens is 4. The molecule has 26 heavy (non-hydrogen) atoms. The van der Waals surface area contributed by atoms with Crippen molar-refractivity contribution in [2.75, 3.05) is 7.05 Å². The van der Waals surface area contributed by atoms with E-state index in [1.165, 1.54) is 5.56 Å². The van der Waals surface area contributed by atoms with E-state index in [9.17, 15) is 4.79 Å². The zero-order valence-corrected chi connectivity index (χ0v) is 15.1. The summed E-state index contributed by atoms with van der Waals surface area (Å²) in [7, 11) is 1.99. The number of H-pyrrole nitrogens is 1. The van der Waals surface area contributed by atoms with E-state index in [4.69, 9.17) is 4.52 Å². The van der Waals surface area contributed by atoms with E-state index in [0.717, 1.165) is 6.54 Å². The van der Waals surface area contributed by atoms with Gasteiger partial charge in [-0.2, -0.15) is 5.10 Å². The summed E-state index contributed by atoms with van der Waals surface area (Å²) in [5, 5.41) is 13.5. The molecule has 1 atom stereocenters. The molecule has 2 heterocycles. The zero-order chi connectivity index (χ0) is 18.5. The van der Waals surface area contributed by atoms with Gasteiger partial charge >= 0.3 is 0 Å². The molecular weight excluding hydrogens is 332 g/mol. The van der Waals surface area contributed by atoms with Crippen LogP contribution in [0.3, 0.4) is 0 Å². The van der Waals surface area contributed by atoms with Crippen molar-refractivity contribution >= 4 is 5.91 Å². The van der Waals surface area contributed by atoms with Crippen molar-refractivity contribution in [2.45, 2.75) is 33.0 Å². The van der Waals surface area contributed by atoms with Crippen molar-refractivity contribution < 1.29 is 9.32 Å². The van der Waals surface area contributed by atoms with Gasteiger partial charge in [0, 0.05) is 12.6 Å². The molecule has 0 saturated heterocycles. The number of nitrogens with zero attached hydrogens (tertiary/aromatic N) is 4. The molecule has 0 fully saturated rings. The van der Waals surface area contributed by atoms with Crippen LogP contribution in [0.15, 0.2) is 40.9 Å². The number of aromatic amines is 1. The van der Waals surface area contributed by atoms with Crippen LogP contribution < -0.4 is 5.32 Å². The van der Waals surface area contributed by atoms with E-state index < -0.39 is 0 Å². The van der Waals surface area contributed by atoms with Gasteiger partial charge in [-0.3, -0.25) is 14.8 Å². The van der Waals surface area contributed by atoms with Gasteiger partial charge in [0.15, 0.2) is 17.3 Å². The summed E-state index contributed by atoms with van der Waals surface area (Å²) in [4.78, 5) is 18.6. The second-order valence-corrected chi connectivity index (χ2v) is 6.31. The number of carbonyl (C=O) groups is 1. The smallest absolute Gasteiger partial charge is 0.274 e. The normalized spacial score (nSPS) is 12.3. The maximum Gasteiger partial charge on any atom is 0.274 e. The molecule has 2 N–H and O–H groups in total. The van der Waals surface area contributed by atoms with Gasteiger partial charge in [0.25, 0.3) is 5.91 Å².